The first-order valence-electron chi connectivity index (χ1n) is 4.01. The van der Waals surface area contributed by atoms with Gasteiger partial charge in [0.25, 0.3) is 0 Å². The van der Waals surface area contributed by atoms with E-state index in [0.717, 1.165) is 6.07 Å². The number of primary sulfonamides is 2. The molecule has 0 unspecified atom stereocenters. The molecule has 0 atom stereocenters. The Kier molecular flexibility index (Phi) is 3.86. The summed E-state index contributed by atoms with van der Waals surface area (Å²) in [5, 5.41) is 12.4. The van der Waals surface area contributed by atoms with Gasteiger partial charge in [-0.2, -0.15) is 0 Å². The molecule has 0 aliphatic rings. The van der Waals surface area contributed by atoms with Gasteiger partial charge in [-0.3, -0.25) is 0 Å². The third kappa shape index (κ3) is 3.10. The lowest BCUT2D eigenvalue weighted by Gasteiger charge is -2.07. The Balaban J connectivity index is 3.84. The zero-order valence-electron chi connectivity index (χ0n) is 8.48. The lowest BCUT2D eigenvalue weighted by atomic mass is 10.3. The summed E-state index contributed by atoms with van der Waals surface area (Å²) in [6.45, 7) is 0. The highest BCUT2D eigenvalue weighted by Crippen LogP contribution is 2.32. The van der Waals surface area contributed by atoms with Crippen LogP contribution in [0.25, 0.3) is 10.4 Å². The molecule has 9 nitrogen and oxygen atoms in total. The molecular weight excluding hydrogens is 306 g/mol. The molecule has 1 rings (SSSR count). The first-order chi connectivity index (χ1) is 8.07. The standard InChI is InChI=1S/C6H6ClN5O4S2/c7-3-1-4(11-12-8)6(18(10,15)16)2-5(3)17(9,13)14/h1-2H,(H2,9,13,14)(H2,10,15,16). The van der Waals surface area contributed by atoms with Gasteiger partial charge in [0.1, 0.15) is 4.90 Å². The minimum atomic E-state index is -4.30. The Labute approximate surface area is 107 Å². The molecule has 1 aromatic carbocycles. The maximum atomic E-state index is 11.2. The van der Waals surface area contributed by atoms with E-state index in [1.165, 1.54) is 0 Å². The average Bonchev–Trinajstić information content (AvgIpc) is 2.13. The smallest absolute Gasteiger partial charge is 0.225 e. The number of rotatable bonds is 3. The van der Waals surface area contributed by atoms with Gasteiger partial charge in [0, 0.05) is 4.91 Å². The second-order valence-corrected chi connectivity index (χ2v) is 6.50. The Bertz CT molecular complexity index is 750. The highest BCUT2D eigenvalue weighted by Gasteiger charge is 2.21. The van der Waals surface area contributed by atoms with Crippen molar-refractivity contribution in [1.82, 2.24) is 0 Å². The fourth-order valence-electron chi connectivity index (χ4n) is 1.10. The number of halogens is 1. The van der Waals surface area contributed by atoms with E-state index in [0.29, 0.717) is 6.07 Å². The summed E-state index contributed by atoms with van der Waals surface area (Å²) in [5.74, 6) is 0. The first-order valence-corrected chi connectivity index (χ1v) is 7.48. The quantitative estimate of drug-likeness (QED) is 0.472. The molecule has 0 radical (unpaired) electrons. The van der Waals surface area contributed by atoms with E-state index in [1.54, 1.807) is 0 Å². The topological polar surface area (TPSA) is 169 Å². The van der Waals surface area contributed by atoms with E-state index in [1.807, 2.05) is 0 Å². The van der Waals surface area contributed by atoms with Crippen LogP contribution in [-0.4, -0.2) is 16.8 Å². The number of benzene rings is 1. The number of nitrogens with zero attached hydrogens (tertiary/aromatic N) is 3. The lowest BCUT2D eigenvalue weighted by molar-refractivity contribution is 0.596. The third-order valence-corrected chi connectivity index (χ3v) is 4.09. The second kappa shape index (κ2) is 4.72. The molecule has 0 spiro atoms. The number of hydrogen-bond donors (Lipinski definition) is 2. The minimum absolute atomic E-state index is 0.382. The summed E-state index contributed by atoms with van der Waals surface area (Å²) >= 11 is 5.59. The number of sulfonamides is 2. The van der Waals surface area contributed by atoms with Crippen LogP contribution in [0.1, 0.15) is 0 Å². The first kappa shape index (κ1) is 14.7. The van der Waals surface area contributed by atoms with Crippen LogP contribution >= 0.6 is 11.6 Å². The van der Waals surface area contributed by atoms with Crippen molar-refractivity contribution in [2.24, 2.45) is 15.4 Å². The number of nitrogens with two attached hydrogens (primary N) is 2. The van der Waals surface area contributed by atoms with Crippen molar-refractivity contribution in [3.63, 3.8) is 0 Å². The van der Waals surface area contributed by atoms with E-state index in [9.17, 15) is 16.8 Å². The van der Waals surface area contributed by atoms with Crippen LogP contribution in [-0.2, 0) is 20.0 Å². The molecule has 0 fully saturated rings. The Hall–Kier alpha value is -1.36. The molecule has 0 aromatic heterocycles. The van der Waals surface area contributed by atoms with Gasteiger partial charge in [-0.25, -0.2) is 27.1 Å². The van der Waals surface area contributed by atoms with Crippen LogP contribution in [0.2, 0.25) is 5.02 Å². The molecule has 0 amide bonds. The van der Waals surface area contributed by atoms with Crippen LogP contribution in [0.3, 0.4) is 0 Å². The van der Waals surface area contributed by atoms with Crippen molar-refractivity contribution in [1.29, 1.82) is 0 Å². The minimum Gasteiger partial charge on any atom is -0.225 e. The largest absolute Gasteiger partial charge is 0.239 e. The zero-order chi connectivity index (χ0) is 14.1. The Morgan fingerprint density at radius 2 is 1.61 bits per heavy atom. The maximum Gasteiger partial charge on any atom is 0.239 e. The third-order valence-electron chi connectivity index (χ3n) is 1.78. The van der Waals surface area contributed by atoms with Crippen LogP contribution in [0.5, 0.6) is 0 Å². The molecule has 0 heterocycles. The van der Waals surface area contributed by atoms with Gasteiger partial charge >= 0.3 is 0 Å². The van der Waals surface area contributed by atoms with E-state index >= 15 is 0 Å². The van der Waals surface area contributed by atoms with Gasteiger partial charge < -0.3 is 0 Å². The molecule has 0 saturated heterocycles. The fourth-order valence-corrected chi connectivity index (χ4v) is 2.94. The monoisotopic (exact) mass is 311 g/mol. The van der Waals surface area contributed by atoms with Crippen LogP contribution in [0.15, 0.2) is 27.0 Å². The molecule has 0 aliphatic carbocycles. The van der Waals surface area contributed by atoms with Gasteiger partial charge in [-0.15, -0.1) is 0 Å². The number of azide groups is 1. The van der Waals surface area contributed by atoms with Crippen LogP contribution in [0, 0.1) is 0 Å². The molecular formula is C6H6ClN5O4S2. The average molecular weight is 312 g/mol. The molecule has 0 bridgehead atoms. The van der Waals surface area contributed by atoms with Gasteiger partial charge in [-0.1, -0.05) is 16.7 Å². The normalized spacial score (nSPS) is 11.9. The van der Waals surface area contributed by atoms with Gasteiger partial charge in [0.15, 0.2) is 0 Å². The predicted octanol–water partition coefficient (Wildman–Crippen LogP) is 0.577. The molecule has 1 aromatic rings. The van der Waals surface area contributed by atoms with Crippen molar-refractivity contribution in [3.05, 3.63) is 27.6 Å². The maximum absolute atomic E-state index is 11.2. The van der Waals surface area contributed by atoms with E-state index in [-0.39, 0.29) is 5.02 Å². The SMILES string of the molecule is [N-]=[N+]=Nc1cc(Cl)c(S(N)(=O)=O)cc1S(N)(=O)=O. The lowest BCUT2D eigenvalue weighted by Crippen LogP contribution is -2.16. The van der Waals surface area contributed by atoms with E-state index in [2.05, 4.69) is 10.0 Å². The summed E-state index contributed by atoms with van der Waals surface area (Å²) < 4.78 is 44.8. The summed E-state index contributed by atoms with van der Waals surface area (Å²) in [5.41, 5.74) is 7.85. The summed E-state index contributed by atoms with van der Waals surface area (Å²) in [6, 6.07) is 1.48. The summed E-state index contributed by atoms with van der Waals surface area (Å²) in [7, 11) is -8.53. The van der Waals surface area contributed by atoms with Crippen molar-refractivity contribution in [3.8, 4) is 0 Å². The van der Waals surface area contributed by atoms with E-state index < -0.39 is 35.5 Å². The molecule has 0 saturated carbocycles. The van der Waals surface area contributed by atoms with Crippen molar-refractivity contribution >= 4 is 37.3 Å². The highest BCUT2D eigenvalue weighted by atomic mass is 35.5. The van der Waals surface area contributed by atoms with Crippen LogP contribution in [0.4, 0.5) is 5.69 Å². The Morgan fingerprint density at radius 1 is 1.11 bits per heavy atom. The summed E-state index contributed by atoms with van der Waals surface area (Å²) in [4.78, 5) is 1.06. The highest BCUT2D eigenvalue weighted by molar-refractivity contribution is 7.90. The second-order valence-electron chi connectivity index (χ2n) is 3.03. The van der Waals surface area contributed by atoms with Gasteiger partial charge in [-0.05, 0) is 17.7 Å². The zero-order valence-corrected chi connectivity index (χ0v) is 10.9. The number of hydrogen-bond acceptors (Lipinski definition) is 5. The molecule has 4 N–H and O–H groups in total. The molecule has 0 aliphatic heterocycles. The van der Waals surface area contributed by atoms with Crippen molar-refractivity contribution < 1.29 is 16.8 Å². The fraction of sp³-hybridized carbons (Fsp3) is 0. The molecule has 98 valence electrons. The van der Waals surface area contributed by atoms with E-state index in [4.69, 9.17) is 27.4 Å². The van der Waals surface area contributed by atoms with Crippen LogP contribution < -0.4 is 10.3 Å². The molecule has 18 heavy (non-hydrogen) atoms. The van der Waals surface area contributed by atoms with Gasteiger partial charge in [0.2, 0.25) is 20.0 Å². The summed E-state index contributed by atoms with van der Waals surface area (Å²) in [6.07, 6.45) is 0. The van der Waals surface area contributed by atoms with Crippen molar-refractivity contribution in [2.75, 3.05) is 0 Å². The van der Waals surface area contributed by atoms with Gasteiger partial charge in [0.05, 0.1) is 15.6 Å². The predicted molar refractivity (Wildman–Crippen MR) is 63.0 cm³/mol. The Morgan fingerprint density at radius 3 is 2.00 bits per heavy atom. The molecule has 12 heteroatoms. The van der Waals surface area contributed by atoms with Crippen molar-refractivity contribution in [2.45, 2.75) is 9.79 Å².